The van der Waals surface area contributed by atoms with E-state index in [1.807, 2.05) is 30.3 Å². The lowest BCUT2D eigenvalue weighted by Gasteiger charge is -2.40. The zero-order valence-corrected chi connectivity index (χ0v) is 30.8. The van der Waals surface area contributed by atoms with Crippen molar-refractivity contribution < 1.29 is 9.15 Å². The van der Waals surface area contributed by atoms with Crippen LogP contribution in [0.2, 0.25) is 0 Å². The highest BCUT2D eigenvalue weighted by Gasteiger charge is 2.51. The molecule has 0 unspecified atom stereocenters. The first-order valence-corrected chi connectivity index (χ1v) is 19.5. The molecule has 268 valence electrons. The predicted molar refractivity (Wildman–Crippen MR) is 226 cm³/mol. The van der Waals surface area contributed by atoms with Gasteiger partial charge < -0.3 is 9.15 Å². The number of nitrogens with zero attached hydrogens (tertiary/aromatic N) is 3. The van der Waals surface area contributed by atoms with Gasteiger partial charge in [0.25, 0.3) is 0 Å². The van der Waals surface area contributed by atoms with Crippen molar-refractivity contribution in [2.75, 3.05) is 0 Å². The number of allylic oxidation sites excluding steroid dienone is 1. The maximum absolute atomic E-state index is 6.94. The number of benzene rings is 7. The van der Waals surface area contributed by atoms with E-state index in [1.54, 1.807) is 0 Å². The van der Waals surface area contributed by atoms with Gasteiger partial charge in [-0.15, -0.1) is 0 Å². The van der Waals surface area contributed by atoms with Crippen molar-refractivity contribution in [2.45, 2.75) is 18.3 Å². The Morgan fingerprint density at radius 2 is 1.05 bits per heavy atom. The van der Waals surface area contributed by atoms with Gasteiger partial charge in [0, 0.05) is 50.8 Å². The highest BCUT2D eigenvalue weighted by molar-refractivity contribution is 5.92. The van der Waals surface area contributed by atoms with Gasteiger partial charge in [-0.2, -0.15) is 0 Å². The van der Waals surface area contributed by atoms with E-state index in [0.717, 1.165) is 80.0 Å². The molecule has 57 heavy (non-hydrogen) atoms. The van der Waals surface area contributed by atoms with Gasteiger partial charge in [0.15, 0.2) is 17.5 Å². The Hall–Kier alpha value is -7.37. The number of aryl methyl sites for hydroxylation is 1. The fourth-order valence-electron chi connectivity index (χ4n) is 9.35. The Morgan fingerprint density at radius 1 is 0.474 bits per heavy atom. The quantitative estimate of drug-likeness (QED) is 0.180. The van der Waals surface area contributed by atoms with Crippen molar-refractivity contribution in [3.05, 3.63) is 203 Å². The zero-order chi connectivity index (χ0) is 37.5. The molecule has 2 aromatic heterocycles. The summed E-state index contributed by atoms with van der Waals surface area (Å²) in [7, 11) is 0. The fourth-order valence-corrected chi connectivity index (χ4v) is 9.35. The second-order valence-electron chi connectivity index (χ2n) is 15.0. The van der Waals surface area contributed by atoms with Crippen LogP contribution >= 0.6 is 0 Å². The Bertz CT molecular complexity index is 3060. The molecule has 0 bridgehead atoms. The minimum Gasteiger partial charge on any atom is -0.460 e. The Balaban J connectivity index is 0.986. The van der Waals surface area contributed by atoms with E-state index in [1.165, 1.54) is 27.8 Å². The molecule has 3 aliphatic rings. The Morgan fingerprint density at radius 3 is 1.81 bits per heavy atom. The van der Waals surface area contributed by atoms with Gasteiger partial charge >= 0.3 is 0 Å². The van der Waals surface area contributed by atoms with Crippen LogP contribution < -0.4 is 4.74 Å². The first kappa shape index (κ1) is 31.9. The molecule has 7 aromatic carbocycles. The molecule has 9 aromatic rings. The monoisotopic (exact) mass is 731 g/mol. The molecule has 0 amide bonds. The van der Waals surface area contributed by atoms with Crippen molar-refractivity contribution in [2.24, 2.45) is 0 Å². The highest BCUT2D eigenvalue weighted by Crippen LogP contribution is 2.63. The van der Waals surface area contributed by atoms with Crippen molar-refractivity contribution in [1.82, 2.24) is 15.0 Å². The van der Waals surface area contributed by atoms with Gasteiger partial charge in [0.1, 0.15) is 22.8 Å². The molecule has 0 N–H and O–H groups in total. The van der Waals surface area contributed by atoms with Gasteiger partial charge in [0.05, 0.1) is 5.41 Å². The number of furan rings is 1. The molecule has 0 atom stereocenters. The molecule has 0 fully saturated rings. The minimum atomic E-state index is -0.517. The molecule has 1 aliphatic heterocycles. The molecular weight excluding hydrogens is 699 g/mol. The van der Waals surface area contributed by atoms with Crippen LogP contribution in [-0.2, 0) is 11.8 Å². The van der Waals surface area contributed by atoms with Crippen LogP contribution in [0.25, 0.3) is 73.5 Å². The molecule has 0 saturated carbocycles. The Kier molecular flexibility index (Phi) is 6.90. The largest absolute Gasteiger partial charge is 0.460 e. The summed E-state index contributed by atoms with van der Waals surface area (Å²) in [6, 6.07) is 57.6. The predicted octanol–water partition coefficient (Wildman–Crippen LogP) is 12.7. The third-order valence-electron chi connectivity index (χ3n) is 11.9. The molecule has 12 rings (SSSR count). The van der Waals surface area contributed by atoms with Crippen LogP contribution in [0, 0.1) is 0 Å². The second kappa shape index (κ2) is 12.3. The molecule has 3 heterocycles. The number of hydrogen-bond acceptors (Lipinski definition) is 5. The summed E-state index contributed by atoms with van der Waals surface area (Å²) in [4.78, 5) is 15.1. The fraction of sp³-hybridized carbons (Fsp3) is 0.0577. The SMILES string of the molecule is C1=Cc2c(oc3cc(-c4nc(-c5ccccc5)nc(-c5ccc(-c6cccc7c6Oc6ccccc6C76c7ccccc7-c7ccccc76)cc5)n4)ccc23)CC1. The average molecular weight is 732 g/mol. The maximum atomic E-state index is 6.94. The van der Waals surface area contributed by atoms with Crippen LogP contribution in [0.3, 0.4) is 0 Å². The van der Waals surface area contributed by atoms with Crippen molar-refractivity contribution in [3.8, 4) is 67.9 Å². The summed E-state index contributed by atoms with van der Waals surface area (Å²) >= 11 is 0. The van der Waals surface area contributed by atoms with E-state index >= 15 is 0 Å². The lowest BCUT2D eigenvalue weighted by molar-refractivity contribution is 0.438. The second-order valence-corrected chi connectivity index (χ2v) is 15.0. The number of ether oxygens (including phenoxy) is 1. The van der Waals surface area contributed by atoms with Gasteiger partial charge in [-0.25, -0.2) is 15.0 Å². The number of aromatic nitrogens is 3. The number of fused-ring (bicyclic) bond motifs is 12. The van der Waals surface area contributed by atoms with E-state index < -0.39 is 5.41 Å². The summed E-state index contributed by atoms with van der Waals surface area (Å²) in [5.41, 5.74) is 13.6. The standard InChI is InChI=1S/C52H33N3O2/c1-2-13-33(14-3-1)49-53-50(55-51(54-49)35-29-30-40-39-17-6-10-23-45(39)56-47(40)31-35)34-27-25-32(26-28-34)36-18-12-22-44-48(36)57-46-24-11-9-21-43(46)52(44)41-19-7-4-15-37(41)38-16-5-8-20-42(38)52/h1-9,11-22,24-31H,10,23H2. The average Bonchev–Trinajstić information content (AvgIpc) is 3.80. The van der Waals surface area contributed by atoms with E-state index in [4.69, 9.17) is 24.1 Å². The summed E-state index contributed by atoms with van der Waals surface area (Å²) in [6.45, 7) is 0. The van der Waals surface area contributed by atoms with E-state index in [-0.39, 0.29) is 0 Å². The van der Waals surface area contributed by atoms with Gasteiger partial charge in [-0.05, 0) is 52.4 Å². The van der Waals surface area contributed by atoms with Crippen LogP contribution in [0.1, 0.15) is 40.0 Å². The van der Waals surface area contributed by atoms with Crippen LogP contribution in [-0.4, -0.2) is 15.0 Å². The normalized spacial score (nSPS) is 14.0. The summed E-state index contributed by atoms with van der Waals surface area (Å²) < 4.78 is 13.3. The maximum Gasteiger partial charge on any atom is 0.164 e. The lowest BCUT2D eigenvalue weighted by Crippen LogP contribution is -2.32. The summed E-state index contributed by atoms with van der Waals surface area (Å²) in [6.07, 6.45) is 6.29. The van der Waals surface area contributed by atoms with Gasteiger partial charge in [-0.3, -0.25) is 0 Å². The smallest absolute Gasteiger partial charge is 0.164 e. The van der Waals surface area contributed by atoms with Gasteiger partial charge in [-0.1, -0.05) is 158 Å². The molecule has 0 saturated heterocycles. The lowest BCUT2D eigenvalue weighted by atomic mass is 9.65. The number of rotatable bonds is 4. The minimum absolute atomic E-state index is 0.517. The number of para-hydroxylation sites is 2. The molecule has 5 heteroatoms. The first-order chi connectivity index (χ1) is 28.2. The third-order valence-corrected chi connectivity index (χ3v) is 11.9. The summed E-state index contributed by atoms with van der Waals surface area (Å²) in [5, 5.41) is 1.11. The third kappa shape index (κ3) is 4.72. The summed E-state index contributed by atoms with van der Waals surface area (Å²) in [5.74, 6) is 4.60. The Labute approximate surface area is 329 Å². The topological polar surface area (TPSA) is 61.0 Å². The van der Waals surface area contributed by atoms with E-state index in [0.29, 0.717) is 17.5 Å². The van der Waals surface area contributed by atoms with Crippen LogP contribution in [0.5, 0.6) is 11.5 Å². The van der Waals surface area contributed by atoms with Crippen molar-refractivity contribution >= 4 is 17.0 Å². The van der Waals surface area contributed by atoms with Crippen molar-refractivity contribution in [1.29, 1.82) is 0 Å². The number of hydrogen-bond donors (Lipinski definition) is 0. The molecule has 0 radical (unpaired) electrons. The molecule has 1 spiro atoms. The first-order valence-electron chi connectivity index (χ1n) is 19.5. The van der Waals surface area contributed by atoms with E-state index in [2.05, 4.69) is 146 Å². The molecule has 5 nitrogen and oxygen atoms in total. The van der Waals surface area contributed by atoms with E-state index in [9.17, 15) is 0 Å². The molecule has 2 aliphatic carbocycles. The zero-order valence-electron chi connectivity index (χ0n) is 30.8. The van der Waals surface area contributed by atoms with Crippen molar-refractivity contribution in [3.63, 3.8) is 0 Å². The van der Waals surface area contributed by atoms with Crippen LogP contribution in [0.15, 0.2) is 174 Å². The van der Waals surface area contributed by atoms with Gasteiger partial charge in [0.2, 0.25) is 0 Å². The molecular formula is C52H33N3O2. The van der Waals surface area contributed by atoms with Crippen LogP contribution in [0.4, 0.5) is 0 Å². The highest BCUT2D eigenvalue weighted by atomic mass is 16.5.